The lowest BCUT2D eigenvalue weighted by molar-refractivity contribution is 0.763. The first-order valence-corrected chi connectivity index (χ1v) is 7.68. The summed E-state index contributed by atoms with van der Waals surface area (Å²) in [5, 5.41) is 0. The van der Waals surface area contributed by atoms with E-state index in [2.05, 4.69) is 46.8 Å². The zero-order valence-corrected chi connectivity index (χ0v) is 12.3. The third-order valence-corrected chi connectivity index (χ3v) is 4.34. The van der Waals surface area contributed by atoms with Crippen LogP contribution in [-0.2, 0) is 13.0 Å². The summed E-state index contributed by atoms with van der Waals surface area (Å²) in [6.45, 7) is 3.02. The van der Waals surface area contributed by atoms with Crippen LogP contribution in [0, 0.1) is 6.92 Å². The molecule has 0 N–H and O–H groups in total. The molecule has 2 aromatic heterocycles. The van der Waals surface area contributed by atoms with Gasteiger partial charge < -0.3 is 4.57 Å². The van der Waals surface area contributed by atoms with Crippen molar-refractivity contribution in [2.24, 2.45) is 0 Å². The monoisotopic (exact) mass is 290 g/mol. The molecule has 0 radical (unpaired) electrons. The lowest BCUT2D eigenvalue weighted by Crippen LogP contribution is -2.04. The first-order chi connectivity index (χ1) is 9.28. The maximum absolute atomic E-state index is 5.89. The van der Waals surface area contributed by atoms with Crippen molar-refractivity contribution in [3.8, 4) is 0 Å². The van der Waals surface area contributed by atoms with E-state index in [1.165, 1.54) is 15.3 Å². The highest BCUT2D eigenvalue weighted by Gasteiger charge is 2.10. The second kappa shape index (κ2) is 5.35. The van der Waals surface area contributed by atoms with E-state index in [0.29, 0.717) is 5.88 Å². The lowest BCUT2D eigenvalue weighted by Gasteiger charge is -2.06. The highest BCUT2D eigenvalue weighted by molar-refractivity contribution is 7.11. The molecule has 4 heteroatoms. The molecule has 0 aliphatic heterocycles. The lowest BCUT2D eigenvalue weighted by atomic mass is 10.3. The minimum Gasteiger partial charge on any atom is -0.323 e. The van der Waals surface area contributed by atoms with Crippen molar-refractivity contribution in [2.45, 2.75) is 19.9 Å². The minimum atomic E-state index is 0.604. The number of aryl methyl sites for hydroxylation is 2. The van der Waals surface area contributed by atoms with Gasteiger partial charge in [0.1, 0.15) is 5.82 Å². The molecule has 0 aliphatic rings. The van der Waals surface area contributed by atoms with Gasteiger partial charge in [0.25, 0.3) is 0 Å². The molecule has 98 valence electrons. The number of para-hydroxylation sites is 2. The molecule has 0 fully saturated rings. The Morgan fingerprint density at radius 3 is 2.79 bits per heavy atom. The van der Waals surface area contributed by atoms with Crippen molar-refractivity contribution < 1.29 is 0 Å². The molecule has 0 bridgehead atoms. The number of hydrogen-bond acceptors (Lipinski definition) is 2. The number of hydrogen-bond donors (Lipinski definition) is 0. The van der Waals surface area contributed by atoms with Crippen LogP contribution >= 0.6 is 22.9 Å². The highest BCUT2D eigenvalue weighted by Crippen LogP contribution is 2.22. The van der Waals surface area contributed by atoms with Crippen LogP contribution < -0.4 is 0 Å². The molecular formula is C15H15ClN2S. The van der Waals surface area contributed by atoms with Crippen LogP contribution in [0.1, 0.15) is 15.6 Å². The molecule has 0 spiro atoms. The van der Waals surface area contributed by atoms with Crippen molar-refractivity contribution in [2.75, 3.05) is 5.88 Å². The van der Waals surface area contributed by atoms with E-state index in [0.717, 1.165) is 24.3 Å². The Bertz CT molecular complexity index is 699. The third kappa shape index (κ3) is 2.53. The minimum absolute atomic E-state index is 0.604. The summed E-state index contributed by atoms with van der Waals surface area (Å²) < 4.78 is 2.28. The van der Waals surface area contributed by atoms with Crippen LogP contribution in [0.3, 0.4) is 0 Å². The molecule has 0 aliphatic carbocycles. The maximum atomic E-state index is 5.89. The Labute approximate surface area is 121 Å². The average molecular weight is 291 g/mol. The first kappa shape index (κ1) is 12.7. The van der Waals surface area contributed by atoms with Gasteiger partial charge in [-0.25, -0.2) is 4.98 Å². The van der Waals surface area contributed by atoms with E-state index in [-0.39, 0.29) is 0 Å². The summed E-state index contributed by atoms with van der Waals surface area (Å²) >= 11 is 7.73. The number of aromatic nitrogens is 2. The number of benzene rings is 1. The Morgan fingerprint density at radius 2 is 2.05 bits per heavy atom. The van der Waals surface area contributed by atoms with Crippen LogP contribution in [0.2, 0.25) is 0 Å². The molecule has 0 amide bonds. The van der Waals surface area contributed by atoms with E-state index in [1.807, 2.05) is 17.4 Å². The van der Waals surface area contributed by atoms with E-state index in [4.69, 9.17) is 11.6 Å². The van der Waals surface area contributed by atoms with E-state index >= 15 is 0 Å². The Balaban J connectivity index is 2.06. The molecule has 0 unspecified atom stereocenters. The normalized spacial score (nSPS) is 11.3. The third-order valence-electron chi connectivity index (χ3n) is 3.16. The van der Waals surface area contributed by atoms with Crippen LogP contribution in [0.25, 0.3) is 11.0 Å². The second-order valence-corrected chi connectivity index (χ2v) is 6.30. The van der Waals surface area contributed by atoms with Crippen LogP contribution in [0.5, 0.6) is 0 Å². The van der Waals surface area contributed by atoms with E-state index in [9.17, 15) is 0 Å². The number of imidazole rings is 1. The molecule has 3 rings (SSSR count). The van der Waals surface area contributed by atoms with Gasteiger partial charge in [0.2, 0.25) is 0 Å². The molecule has 19 heavy (non-hydrogen) atoms. The number of rotatable bonds is 4. The van der Waals surface area contributed by atoms with E-state index in [1.54, 1.807) is 0 Å². The van der Waals surface area contributed by atoms with Gasteiger partial charge in [-0.15, -0.1) is 22.9 Å². The van der Waals surface area contributed by atoms with Crippen molar-refractivity contribution in [1.29, 1.82) is 0 Å². The summed E-state index contributed by atoms with van der Waals surface area (Å²) in [7, 11) is 0. The summed E-state index contributed by atoms with van der Waals surface area (Å²) in [6.07, 6.45) is 0.806. The quantitative estimate of drug-likeness (QED) is 0.657. The summed E-state index contributed by atoms with van der Waals surface area (Å²) in [5.41, 5.74) is 2.24. The van der Waals surface area contributed by atoms with Gasteiger partial charge in [-0.1, -0.05) is 12.1 Å². The fourth-order valence-electron chi connectivity index (χ4n) is 2.30. The second-order valence-electron chi connectivity index (χ2n) is 4.55. The molecule has 3 aromatic rings. The van der Waals surface area contributed by atoms with Crippen molar-refractivity contribution in [1.82, 2.24) is 9.55 Å². The largest absolute Gasteiger partial charge is 0.323 e. The predicted molar refractivity (Wildman–Crippen MR) is 82.3 cm³/mol. The number of halogens is 1. The zero-order valence-electron chi connectivity index (χ0n) is 10.8. The van der Waals surface area contributed by atoms with Gasteiger partial charge in [0.05, 0.1) is 17.6 Å². The summed E-state index contributed by atoms with van der Waals surface area (Å²) in [5.74, 6) is 1.68. The van der Waals surface area contributed by atoms with Crippen molar-refractivity contribution >= 4 is 34.0 Å². The van der Waals surface area contributed by atoms with Crippen molar-refractivity contribution in [3.05, 3.63) is 52.0 Å². The number of nitrogens with zero attached hydrogens (tertiary/aromatic N) is 2. The molecule has 1 aromatic carbocycles. The summed E-state index contributed by atoms with van der Waals surface area (Å²) in [6, 6.07) is 12.6. The standard InChI is InChI=1S/C15H15ClN2S/c1-11-6-7-12(19-11)10-18-14-5-3-2-4-13(14)17-15(18)8-9-16/h2-7H,8-10H2,1H3. The van der Waals surface area contributed by atoms with Gasteiger partial charge in [0, 0.05) is 22.1 Å². The molecule has 0 saturated heterocycles. The molecule has 0 atom stereocenters. The molecular weight excluding hydrogens is 276 g/mol. The fourth-order valence-corrected chi connectivity index (χ4v) is 3.35. The average Bonchev–Trinajstić information content (AvgIpc) is 2.96. The Morgan fingerprint density at radius 1 is 1.21 bits per heavy atom. The van der Waals surface area contributed by atoms with Crippen LogP contribution in [-0.4, -0.2) is 15.4 Å². The predicted octanol–water partition coefficient (Wildman–Crippen LogP) is 4.24. The van der Waals surface area contributed by atoms with Gasteiger partial charge >= 0.3 is 0 Å². The first-order valence-electron chi connectivity index (χ1n) is 6.33. The molecule has 0 saturated carbocycles. The maximum Gasteiger partial charge on any atom is 0.111 e. The smallest absolute Gasteiger partial charge is 0.111 e. The van der Waals surface area contributed by atoms with Gasteiger partial charge in [-0.05, 0) is 31.2 Å². The van der Waals surface area contributed by atoms with Gasteiger partial charge in [-0.2, -0.15) is 0 Å². The Hall–Kier alpha value is -1.32. The fraction of sp³-hybridized carbons (Fsp3) is 0.267. The molecule has 2 nitrogen and oxygen atoms in total. The van der Waals surface area contributed by atoms with Crippen molar-refractivity contribution in [3.63, 3.8) is 0 Å². The van der Waals surface area contributed by atoms with Gasteiger partial charge in [0.15, 0.2) is 0 Å². The highest BCUT2D eigenvalue weighted by atomic mass is 35.5. The zero-order chi connectivity index (χ0) is 13.2. The Kier molecular flexibility index (Phi) is 3.58. The summed E-state index contributed by atoms with van der Waals surface area (Å²) in [4.78, 5) is 7.39. The van der Waals surface area contributed by atoms with Crippen LogP contribution in [0.4, 0.5) is 0 Å². The number of fused-ring (bicyclic) bond motifs is 1. The van der Waals surface area contributed by atoms with E-state index < -0.39 is 0 Å². The van der Waals surface area contributed by atoms with Gasteiger partial charge in [-0.3, -0.25) is 0 Å². The van der Waals surface area contributed by atoms with Crippen LogP contribution in [0.15, 0.2) is 36.4 Å². The number of thiophene rings is 1. The SMILES string of the molecule is Cc1ccc(Cn2c(CCCl)nc3ccccc32)s1. The topological polar surface area (TPSA) is 17.8 Å². The molecule has 2 heterocycles. The number of alkyl halides is 1.